The molecule has 2 N–H and O–H groups in total. The number of hydrogen-bond acceptors (Lipinski definition) is 4. The predicted octanol–water partition coefficient (Wildman–Crippen LogP) is 2.11. The standard InChI is InChI=1S/C16H26N2O2/c1-12(9-15-11-20-8-7-17-15)18-13(2)14-5-4-6-16(10-14)19-3/h4-6,10,12-13,15,17-18H,7-9,11H2,1-3H3/t12?,13-,15?/m1/s1. The normalized spacial score (nSPS) is 22.2. The highest BCUT2D eigenvalue weighted by Gasteiger charge is 2.17. The summed E-state index contributed by atoms with van der Waals surface area (Å²) in [5, 5.41) is 7.14. The molecule has 0 radical (unpaired) electrons. The van der Waals surface area contributed by atoms with E-state index in [1.165, 1.54) is 5.56 Å². The fourth-order valence-electron chi connectivity index (χ4n) is 2.70. The SMILES string of the molecule is COc1cccc([C@@H](C)NC(C)CC2COCCN2)c1. The van der Waals surface area contributed by atoms with Crippen molar-refractivity contribution in [2.75, 3.05) is 26.9 Å². The third-order valence-electron chi connectivity index (χ3n) is 3.76. The van der Waals surface area contributed by atoms with Crippen molar-refractivity contribution in [3.63, 3.8) is 0 Å². The molecule has 1 aliphatic heterocycles. The molecule has 1 heterocycles. The Morgan fingerprint density at radius 1 is 1.45 bits per heavy atom. The van der Waals surface area contributed by atoms with Crippen molar-refractivity contribution in [1.29, 1.82) is 0 Å². The number of methoxy groups -OCH3 is 1. The maximum Gasteiger partial charge on any atom is 0.119 e. The van der Waals surface area contributed by atoms with Crippen LogP contribution < -0.4 is 15.4 Å². The molecule has 1 fully saturated rings. The van der Waals surface area contributed by atoms with Crippen LogP contribution in [0, 0.1) is 0 Å². The van der Waals surface area contributed by atoms with Gasteiger partial charge in [0, 0.05) is 24.7 Å². The Morgan fingerprint density at radius 2 is 2.30 bits per heavy atom. The third-order valence-corrected chi connectivity index (χ3v) is 3.76. The predicted molar refractivity (Wildman–Crippen MR) is 81.2 cm³/mol. The Kier molecular flexibility index (Phi) is 5.83. The van der Waals surface area contributed by atoms with Gasteiger partial charge in [0.1, 0.15) is 5.75 Å². The average Bonchev–Trinajstić information content (AvgIpc) is 2.48. The van der Waals surface area contributed by atoms with Crippen LogP contribution >= 0.6 is 0 Å². The topological polar surface area (TPSA) is 42.5 Å². The minimum absolute atomic E-state index is 0.310. The summed E-state index contributed by atoms with van der Waals surface area (Å²) in [7, 11) is 1.70. The zero-order valence-corrected chi connectivity index (χ0v) is 12.7. The first-order chi connectivity index (χ1) is 9.69. The fraction of sp³-hybridized carbons (Fsp3) is 0.625. The molecule has 1 aromatic rings. The molecular weight excluding hydrogens is 252 g/mol. The third kappa shape index (κ3) is 4.47. The van der Waals surface area contributed by atoms with Gasteiger partial charge in [0.25, 0.3) is 0 Å². The molecule has 20 heavy (non-hydrogen) atoms. The molecule has 2 rings (SSSR count). The molecule has 112 valence electrons. The Bertz CT molecular complexity index is 405. The number of hydrogen-bond donors (Lipinski definition) is 2. The van der Waals surface area contributed by atoms with Crippen molar-refractivity contribution in [3.8, 4) is 5.75 Å². The van der Waals surface area contributed by atoms with Crippen LogP contribution in [0.3, 0.4) is 0 Å². The van der Waals surface area contributed by atoms with Crippen molar-refractivity contribution in [2.24, 2.45) is 0 Å². The van der Waals surface area contributed by atoms with E-state index in [9.17, 15) is 0 Å². The van der Waals surface area contributed by atoms with Gasteiger partial charge in [-0.25, -0.2) is 0 Å². The molecule has 0 aliphatic carbocycles. The number of nitrogens with one attached hydrogen (secondary N) is 2. The lowest BCUT2D eigenvalue weighted by atomic mass is 10.0. The maximum absolute atomic E-state index is 5.50. The molecule has 0 aromatic heterocycles. The molecule has 3 atom stereocenters. The van der Waals surface area contributed by atoms with Gasteiger partial charge in [-0.3, -0.25) is 0 Å². The molecule has 4 heteroatoms. The first-order valence-electron chi connectivity index (χ1n) is 7.40. The lowest BCUT2D eigenvalue weighted by molar-refractivity contribution is 0.0708. The van der Waals surface area contributed by atoms with Gasteiger partial charge >= 0.3 is 0 Å². The van der Waals surface area contributed by atoms with Crippen molar-refractivity contribution >= 4 is 0 Å². The van der Waals surface area contributed by atoms with Crippen LogP contribution in [0.2, 0.25) is 0 Å². The number of ether oxygens (including phenoxy) is 2. The van der Waals surface area contributed by atoms with Crippen LogP contribution in [-0.4, -0.2) is 39.0 Å². The van der Waals surface area contributed by atoms with Crippen LogP contribution in [0.4, 0.5) is 0 Å². The molecule has 4 nitrogen and oxygen atoms in total. The highest BCUT2D eigenvalue weighted by molar-refractivity contribution is 5.30. The van der Waals surface area contributed by atoms with Crippen molar-refractivity contribution in [1.82, 2.24) is 10.6 Å². The second kappa shape index (κ2) is 7.62. The lowest BCUT2D eigenvalue weighted by Crippen LogP contribution is -2.45. The second-order valence-corrected chi connectivity index (χ2v) is 5.53. The summed E-state index contributed by atoms with van der Waals surface area (Å²) in [5.41, 5.74) is 1.25. The zero-order valence-electron chi connectivity index (χ0n) is 12.7. The maximum atomic E-state index is 5.50. The van der Waals surface area contributed by atoms with Crippen LogP contribution in [0.25, 0.3) is 0 Å². The summed E-state index contributed by atoms with van der Waals surface area (Å²) in [4.78, 5) is 0. The summed E-state index contributed by atoms with van der Waals surface area (Å²) in [6.45, 7) is 7.03. The zero-order chi connectivity index (χ0) is 14.4. The van der Waals surface area contributed by atoms with Gasteiger partial charge < -0.3 is 20.1 Å². The summed E-state index contributed by atoms with van der Waals surface area (Å²) in [6, 6.07) is 9.45. The van der Waals surface area contributed by atoms with Gasteiger partial charge in [0.2, 0.25) is 0 Å². The van der Waals surface area contributed by atoms with Crippen molar-refractivity contribution in [2.45, 2.75) is 38.4 Å². The summed E-state index contributed by atoms with van der Waals surface area (Å²) < 4.78 is 10.8. The minimum atomic E-state index is 0.310. The van der Waals surface area contributed by atoms with Crippen LogP contribution in [0.5, 0.6) is 5.75 Å². The number of morpholine rings is 1. The lowest BCUT2D eigenvalue weighted by Gasteiger charge is -2.28. The first-order valence-corrected chi connectivity index (χ1v) is 7.40. The Balaban J connectivity index is 1.84. The fourth-order valence-corrected chi connectivity index (χ4v) is 2.70. The Labute approximate surface area is 121 Å². The first kappa shape index (κ1) is 15.3. The summed E-state index contributed by atoms with van der Waals surface area (Å²) in [5.74, 6) is 0.908. The van der Waals surface area contributed by atoms with Gasteiger partial charge in [-0.15, -0.1) is 0 Å². The summed E-state index contributed by atoms with van der Waals surface area (Å²) >= 11 is 0. The Morgan fingerprint density at radius 3 is 3.00 bits per heavy atom. The largest absolute Gasteiger partial charge is 0.497 e. The van der Waals surface area contributed by atoms with E-state index in [0.717, 1.165) is 31.9 Å². The highest BCUT2D eigenvalue weighted by atomic mass is 16.5. The molecule has 1 aliphatic rings. The van der Waals surface area contributed by atoms with E-state index in [-0.39, 0.29) is 0 Å². The molecular formula is C16H26N2O2. The van der Waals surface area contributed by atoms with Crippen molar-refractivity contribution < 1.29 is 9.47 Å². The van der Waals surface area contributed by atoms with Crippen LogP contribution in [0.15, 0.2) is 24.3 Å². The molecule has 1 aromatic carbocycles. The van der Waals surface area contributed by atoms with E-state index < -0.39 is 0 Å². The van der Waals surface area contributed by atoms with Gasteiger partial charge in [0.15, 0.2) is 0 Å². The number of benzene rings is 1. The highest BCUT2D eigenvalue weighted by Crippen LogP contribution is 2.19. The molecule has 2 unspecified atom stereocenters. The molecule has 0 spiro atoms. The Hall–Kier alpha value is -1.10. The van der Waals surface area contributed by atoms with Gasteiger partial charge in [-0.2, -0.15) is 0 Å². The summed E-state index contributed by atoms with van der Waals surface area (Å²) in [6.07, 6.45) is 1.08. The van der Waals surface area contributed by atoms with E-state index >= 15 is 0 Å². The van der Waals surface area contributed by atoms with Crippen molar-refractivity contribution in [3.05, 3.63) is 29.8 Å². The molecule has 0 saturated carbocycles. The van der Waals surface area contributed by atoms with Gasteiger partial charge in [-0.05, 0) is 38.0 Å². The van der Waals surface area contributed by atoms with Gasteiger partial charge in [-0.1, -0.05) is 12.1 Å². The molecule has 0 bridgehead atoms. The van der Waals surface area contributed by atoms with Crippen LogP contribution in [0.1, 0.15) is 31.9 Å². The van der Waals surface area contributed by atoms with E-state index in [2.05, 4.69) is 36.6 Å². The van der Waals surface area contributed by atoms with E-state index in [1.54, 1.807) is 7.11 Å². The van der Waals surface area contributed by atoms with E-state index in [1.807, 2.05) is 12.1 Å². The van der Waals surface area contributed by atoms with E-state index in [4.69, 9.17) is 9.47 Å². The van der Waals surface area contributed by atoms with Gasteiger partial charge in [0.05, 0.1) is 20.3 Å². The smallest absolute Gasteiger partial charge is 0.119 e. The quantitative estimate of drug-likeness (QED) is 0.836. The molecule has 0 amide bonds. The average molecular weight is 278 g/mol. The minimum Gasteiger partial charge on any atom is -0.497 e. The monoisotopic (exact) mass is 278 g/mol. The number of rotatable bonds is 6. The second-order valence-electron chi connectivity index (χ2n) is 5.53. The van der Waals surface area contributed by atoms with E-state index in [0.29, 0.717) is 18.1 Å². The van der Waals surface area contributed by atoms with Crippen LogP contribution in [-0.2, 0) is 4.74 Å². The molecule has 1 saturated heterocycles.